The molecule has 0 saturated carbocycles. The largest absolute Gasteiger partial charge is 0.497 e. The lowest BCUT2D eigenvalue weighted by Crippen LogP contribution is -2.06. The first-order valence-corrected chi connectivity index (χ1v) is 5.51. The summed E-state index contributed by atoms with van der Waals surface area (Å²) in [6.45, 7) is 0.0758. The number of hydrogen-bond acceptors (Lipinski definition) is 5. The fourth-order valence-corrected chi connectivity index (χ4v) is 1.68. The third-order valence-corrected chi connectivity index (χ3v) is 2.80. The molecule has 17 heavy (non-hydrogen) atoms. The highest BCUT2D eigenvalue weighted by molar-refractivity contribution is 9.10. The van der Waals surface area contributed by atoms with Crippen molar-refractivity contribution in [2.45, 2.75) is 0 Å². The summed E-state index contributed by atoms with van der Waals surface area (Å²) in [6.07, 6.45) is 0. The molecule has 0 saturated heterocycles. The summed E-state index contributed by atoms with van der Waals surface area (Å²) in [5.41, 5.74) is 0.331. The number of ether oxygens (including phenoxy) is 4. The van der Waals surface area contributed by atoms with Crippen LogP contribution in [0.5, 0.6) is 11.5 Å². The molecule has 0 aliphatic heterocycles. The maximum atomic E-state index is 11.5. The Balaban J connectivity index is 3.16. The van der Waals surface area contributed by atoms with E-state index < -0.39 is 5.97 Å². The lowest BCUT2D eigenvalue weighted by molar-refractivity contribution is 0.0495. The highest BCUT2D eigenvalue weighted by atomic mass is 79.9. The number of methoxy groups -OCH3 is 3. The van der Waals surface area contributed by atoms with Crippen molar-refractivity contribution in [3.63, 3.8) is 0 Å². The van der Waals surface area contributed by atoms with Crippen molar-refractivity contribution >= 4 is 21.9 Å². The molecule has 0 spiro atoms. The quantitative estimate of drug-likeness (QED) is 0.617. The average molecular weight is 305 g/mol. The van der Waals surface area contributed by atoms with Crippen LogP contribution < -0.4 is 9.47 Å². The second-order valence-corrected chi connectivity index (χ2v) is 3.82. The predicted octanol–water partition coefficient (Wildman–Crippen LogP) is 2.23. The lowest BCUT2D eigenvalue weighted by atomic mass is 10.2. The Morgan fingerprint density at radius 2 is 2.00 bits per heavy atom. The van der Waals surface area contributed by atoms with Crippen LogP contribution in [-0.2, 0) is 9.47 Å². The van der Waals surface area contributed by atoms with Crippen LogP contribution in [-0.4, -0.2) is 34.1 Å². The molecule has 0 radical (unpaired) electrons. The van der Waals surface area contributed by atoms with Gasteiger partial charge < -0.3 is 18.9 Å². The summed E-state index contributed by atoms with van der Waals surface area (Å²) < 4.78 is 20.4. The van der Waals surface area contributed by atoms with Crippen molar-refractivity contribution in [3.8, 4) is 11.5 Å². The van der Waals surface area contributed by atoms with E-state index in [9.17, 15) is 4.79 Å². The Morgan fingerprint density at radius 1 is 1.29 bits per heavy atom. The third kappa shape index (κ3) is 3.34. The van der Waals surface area contributed by atoms with Crippen LogP contribution in [0.15, 0.2) is 16.6 Å². The molecular formula is C11H13BrO5. The molecule has 0 aliphatic rings. The number of carbonyl (C=O) groups is 1. The van der Waals surface area contributed by atoms with Gasteiger partial charge in [-0.1, -0.05) is 0 Å². The summed E-state index contributed by atoms with van der Waals surface area (Å²) in [4.78, 5) is 11.5. The van der Waals surface area contributed by atoms with Crippen molar-refractivity contribution in [2.75, 3.05) is 28.1 Å². The van der Waals surface area contributed by atoms with Gasteiger partial charge in [-0.25, -0.2) is 4.79 Å². The normalized spacial score (nSPS) is 9.88. The molecule has 0 aromatic heterocycles. The van der Waals surface area contributed by atoms with Crippen molar-refractivity contribution in [3.05, 3.63) is 22.2 Å². The molecule has 94 valence electrons. The van der Waals surface area contributed by atoms with Gasteiger partial charge in [0, 0.05) is 13.2 Å². The molecule has 0 amide bonds. The number of rotatable bonds is 5. The van der Waals surface area contributed by atoms with E-state index in [0.29, 0.717) is 21.5 Å². The Kier molecular flexibility index (Phi) is 5.24. The van der Waals surface area contributed by atoms with Crippen molar-refractivity contribution < 1.29 is 23.7 Å². The highest BCUT2D eigenvalue weighted by Crippen LogP contribution is 2.34. The Hall–Kier alpha value is -1.27. The highest BCUT2D eigenvalue weighted by Gasteiger charge is 2.17. The first-order chi connectivity index (χ1) is 8.13. The van der Waals surface area contributed by atoms with Crippen LogP contribution >= 0.6 is 15.9 Å². The minimum atomic E-state index is -0.474. The maximum Gasteiger partial charge on any atom is 0.339 e. The molecular weight excluding hydrogens is 292 g/mol. The minimum absolute atomic E-state index is 0.0758. The van der Waals surface area contributed by atoms with Crippen LogP contribution in [0.3, 0.4) is 0 Å². The van der Waals surface area contributed by atoms with Gasteiger partial charge in [-0.15, -0.1) is 0 Å². The van der Waals surface area contributed by atoms with Gasteiger partial charge in [-0.05, 0) is 22.0 Å². The van der Waals surface area contributed by atoms with E-state index in [1.807, 2.05) is 0 Å². The molecule has 0 bridgehead atoms. The molecule has 0 unspecified atom stereocenters. The van der Waals surface area contributed by atoms with E-state index in [1.54, 1.807) is 12.1 Å². The Labute approximate surface area is 108 Å². The third-order valence-electron chi connectivity index (χ3n) is 1.99. The van der Waals surface area contributed by atoms with Crippen molar-refractivity contribution in [2.24, 2.45) is 0 Å². The summed E-state index contributed by atoms with van der Waals surface area (Å²) >= 11 is 3.28. The summed E-state index contributed by atoms with van der Waals surface area (Å²) in [6, 6.07) is 3.21. The van der Waals surface area contributed by atoms with Gasteiger partial charge in [0.1, 0.15) is 11.5 Å². The molecule has 0 N–H and O–H groups in total. The number of esters is 1. The number of hydrogen-bond donors (Lipinski definition) is 0. The van der Waals surface area contributed by atoms with Gasteiger partial charge in [0.2, 0.25) is 0 Å². The van der Waals surface area contributed by atoms with Gasteiger partial charge >= 0.3 is 5.97 Å². The molecule has 0 aliphatic carbocycles. The molecule has 5 nitrogen and oxygen atoms in total. The smallest absolute Gasteiger partial charge is 0.339 e. The fourth-order valence-electron chi connectivity index (χ4n) is 1.18. The second kappa shape index (κ2) is 6.46. The van der Waals surface area contributed by atoms with Gasteiger partial charge in [0.25, 0.3) is 0 Å². The monoisotopic (exact) mass is 304 g/mol. The first kappa shape index (κ1) is 13.8. The van der Waals surface area contributed by atoms with Gasteiger partial charge in [-0.2, -0.15) is 0 Å². The number of benzene rings is 1. The Morgan fingerprint density at radius 3 is 2.53 bits per heavy atom. The van der Waals surface area contributed by atoms with E-state index in [2.05, 4.69) is 20.7 Å². The van der Waals surface area contributed by atoms with Crippen LogP contribution in [0.4, 0.5) is 0 Å². The van der Waals surface area contributed by atoms with Gasteiger partial charge in [0.15, 0.2) is 6.79 Å². The maximum absolute atomic E-state index is 11.5. The van der Waals surface area contributed by atoms with Crippen molar-refractivity contribution in [1.82, 2.24) is 0 Å². The second-order valence-electron chi connectivity index (χ2n) is 3.03. The number of halogens is 1. The SMILES string of the molecule is COCOc1cc(OC)cc(C(=O)OC)c1Br. The fraction of sp³-hybridized carbons (Fsp3) is 0.364. The Bertz CT molecular complexity index is 405. The summed E-state index contributed by atoms with van der Waals surface area (Å²) in [5, 5.41) is 0. The summed E-state index contributed by atoms with van der Waals surface area (Å²) in [5.74, 6) is 0.476. The van der Waals surface area contributed by atoms with Crippen molar-refractivity contribution in [1.29, 1.82) is 0 Å². The molecule has 1 rings (SSSR count). The van der Waals surface area contributed by atoms with Crippen LogP contribution in [0.25, 0.3) is 0 Å². The molecule has 0 fully saturated rings. The zero-order chi connectivity index (χ0) is 12.8. The zero-order valence-corrected chi connectivity index (χ0v) is 11.4. The lowest BCUT2D eigenvalue weighted by Gasteiger charge is -2.12. The predicted molar refractivity (Wildman–Crippen MR) is 64.5 cm³/mol. The molecule has 6 heteroatoms. The van der Waals surface area contributed by atoms with Gasteiger partial charge in [-0.3, -0.25) is 0 Å². The molecule has 0 heterocycles. The standard InChI is InChI=1S/C11H13BrO5/c1-14-6-17-9-5-7(15-2)4-8(10(9)12)11(13)16-3/h4-5H,6H2,1-3H3. The minimum Gasteiger partial charge on any atom is -0.497 e. The van der Waals surface area contributed by atoms with E-state index in [1.165, 1.54) is 21.3 Å². The summed E-state index contributed by atoms with van der Waals surface area (Å²) in [7, 11) is 4.32. The van der Waals surface area contributed by atoms with E-state index in [0.717, 1.165) is 0 Å². The molecule has 1 aromatic carbocycles. The average Bonchev–Trinajstić information content (AvgIpc) is 2.36. The first-order valence-electron chi connectivity index (χ1n) is 4.71. The van der Waals surface area contributed by atoms with Crippen LogP contribution in [0.1, 0.15) is 10.4 Å². The van der Waals surface area contributed by atoms with Gasteiger partial charge in [0.05, 0.1) is 24.3 Å². The van der Waals surface area contributed by atoms with E-state index >= 15 is 0 Å². The number of carbonyl (C=O) groups excluding carboxylic acids is 1. The topological polar surface area (TPSA) is 54.0 Å². The molecule has 0 atom stereocenters. The van der Waals surface area contributed by atoms with E-state index in [-0.39, 0.29) is 6.79 Å². The van der Waals surface area contributed by atoms with E-state index in [4.69, 9.17) is 14.2 Å². The van der Waals surface area contributed by atoms with Crippen LogP contribution in [0.2, 0.25) is 0 Å². The van der Waals surface area contributed by atoms with Crippen LogP contribution in [0, 0.1) is 0 Å². The zero-order valence-electron chi connectivity index (χ0n) is 9.78. The molecule has 1 aromatic rings.